The van der Waals surface area contributed by atoms with E-state index in [0.717, 1.165) is 9.79 Å². The van der Waals surface area contributed by atoms with E-state index in [9.17, 15) is 5.11 Å². The van der Waals surface area contributed by atoms with E-state index in [4.69, 9.17) is 0 Å². The molecule has 0 aliphatic heterocycles. The average molecular weight is 337 g/mol. The lowest BCUT2D eigenvalue weighted by molar-refractivity contribution is 0.447. The van der Waals surface area contributed by atoms with Crippen LogP contribution in [0.3, 0.4) is 0 Å². The lowest BCUT2D eigenvalue weighted by Crippen LogP contribution is -2.08. The van der Waals surface area contributed by atoms with Crippen molar-refractivity contribution in [3.63, 3.8) is 0 Å². The molecule has 2 aliphatic rings. The number of rotatable bonds is 4. The van der Waals surface area contributed by atoms with Gasteiger partial charge in [-0.05, 0) is 50.3 Å². The molecule has 3 rings (SSSR count). The fourth-order valence-electron chi connectivity index (χ4n) is 3.62. The zero-order valence-electron chi connectivity index (χ0n) is 13.6. The zero-order chi connectivity index (χ0) is 15.4. The average Bonchev–Trinajstić information content (AvgIpc) is 2.54. The summed E-state index contributed by atoms with van der Waals surface area (Å²) in [5.74, 6) is 0.553. The molecule has 0 aromatic heterocycles. The van der Waals surface area contributed by atoms with Crippen LogP contribution < -0.4 is 0 Å². The topological polar surface area (TPSA) is 20.2 Å². The largest absolute Gasteiger partial charge is 0.506 e. The standard InChI is InChI=1S/C19H28OS2/c1-14-12-17(21-15-8-4-2-5-9-15)19(20)18(13-14)22-16-10-6-3-7-11-16/h12-13,15-16,20H,2-11H2,1H3. The second-order valence-electron chi connectivity index (χ2n) is 6.87. The Balaban J connectivity index is 1.72. The summed E-state index contributed by atoms with van der Waals surface area (Å²) in [6.07, 6.45) is 13.4. The maximum Gasteiger partial charge on any atom is 0.142 e. The summed E-state index contributed by atoms with van der Waals surface area (Å²) in [7, 11) is 0. The monoisotopic (exact) mass is 336 g/mol. The Morgan fingerprint density at radius 3 is 1.59 bits per heavy atom. The third-order valence-corrected chi connectivity index (χ3v) is 7.62. The van der Waals surface area contributed by atoms with E-state index >= 15 is 0 Å². The summed E-state index contributed by atoms with van der Waals surface area (Å²) in [5.41, 5.74) is 1.29. The first-order valence-corrected chi connectivity index (χ1v) is 10.7. The molecule has 0 saturated heterocycles. The molecule has 0 spiro atoms. The predicted molar refractivity (Wildman–Crippen MR) is 98.3 cm³/mol. The first kappa shape index (κ1) is 16.6. The van der Waals surface area contributed by atoms with E-state index in [-0.39, 0.29) is 0 Å². The van der Waals surface area contributed by atoms with Crippen LogP contribution in [0.2, 0.25) is 0 Å². The minimum absolute atomic E-state index is 0.553. The molecule has 122 valence electrons. The second-order valence-corrected chi connectivity index (χ2v) is 9.55. The van der Waals surface area contributed by atoms with Gasteiger partial charge in [0.05, 0.1) is 9.79 Å². The van der Waals surface area contributed by atoms with Crippen LogP contribution in [0.4, 0.5) is 0 Å². The highest BCUT2D eigenvalue weighted by molar-refractivity contribution is 8.00. The van der Waals surface area contributed by atoms with Gasteiger partial charge in [-0.2, -0.15) is 0 Å². The van der Waals surface area contributed by atoms with E-state index in [2.05, 4.69) is 19.1 Å². The Morgan fingerprint density at radius 2 is 1.18 bits per heavy atom. The van der Waals surface area contributed by atoms with Crippen LogP contribution in [0.1, 0.15) is 69.8 Å². The Labute approximate surface area is 143 Å². The van der Waals surface area contributed by atoms with Gasteiger partial charge in [0.1, 0.15) is 5.75 Å². The molecule has 1 N–H and O–H groups in total. The molecular formula is C19H28OS2. The fraction of sp³-hybridized carbons (Fsp3) is 0.684. The van der Waals surface area contributed by atoms with Crippen molar-refractivity contribution in [3.05, 3.63) is 17.7 Å². The number of benzene rings is 1. The van der Waals surface area contributed by atoms with Crippen molar-refractivity contribution in [2.24, 2.45) is 0 Å². The minimum Gasteiger partial charge on any atom is -0.506 e. The van der Waals surface area contributed by atoms with E-state index in [1.807, 2.05) is 23.5 Å². The summed E-state index contributed by atoms with van der Waals surface area (Å²) in [5, 5.41) is 12.1. The van der Waals surface area contributed by atoms with Crippen molar-refractivity contribution in [2.45, 2.75) is 91.4 Å². The SMILES string of the molecule is Cc1cc(SC2CCCCC2)c(O)c(SC2CCCCC2)c1. The van der Waals surface area contributed by atoms with E-state index in [0.29, 0.717) is 16.2 Å². The van der Waals surface area contributed by atoms with Gasteiger partial charge in [0.15, 0.2) is 0 Å². The zero-order valence-corrected chi connectivity index (χ0v) is 15.3. The van der Waals surface area contributed by atoms with Crippen LogP contribution in [0.15, 0.2) is 21.9 Å². The number of thioether (sulfide) groups is 2. The summed E-state index contributed by atoms with van der Waals surface area (Å²) in [4.78, 5) is 2.23. The van der Waals surface area contributed by atoms with Crippen LogP contribution in [-0.2, 0) is 0 Å². The molecule has 2 aliphatic carbocycles. The van der Waals surface area contributed by atoms with Crippen molar-refractivity contribution < 1.29 is 5.11 Å². The number of phenols is 1. The van der Waals surface area contributed by atoms with Gasteiger partial charge in [0.25, 0.3) is 0 Å². The molecule has 22 heavy (non-hydrogen) atoms. The van der Waals surface area contributed by atoms with Crippen LogP contribution in [0.25, 0.3) is 0 Å². The molecule has 1 aromatic carbocycles. The molecule has 1 aromatic rings. The maximum absolute atomic E-state index is 10.7. The lowest BCUT2D eigenvalue weighted by atomic mass is 10.0. The number of hydrogen-bond donors (Lipinski definition) is 1. The molecule has 1 nitrogen and oxygen atoms in total. The Hall–Kier alpha value is -0.280. The van der Waals surface area contributed by atoms with Crippen molar-refractivity contribution >= 4 is 23.5 Å². The summed E-state index contributed by atoms with van der Waals surface area (Å²) < 4.78 is 0. The first-order chi connectivity index (χ1) is 10.7. The number of aromatic hydroxyl groups is 1. The van der Waals surface area contributed by atoms with Crippen molar-refractivity contribution in [2.75, 3.05) is 0 Å². The molecule has 0 amide bonds. The first-order valence-electron chi connectivity index (χ1n) is 8.89. The third-order valence-electron chi connectivity index (χ3n) is 4.88. The van der Waals surface area contributed by atoms with Crippen molar-refractivity contribution in [3.8, 4) is 5.75 Å². The molecule has 2 saturated carbocycles. The van der Waals surface area contributed by atoms with Crippen LogP contribution in [0.5, 0.6) is 5.75 Å². The van der Waals surface area contributed by atoms with Gasteiger partial charge >= 0.3 is 0 Å². The Kier molecular flexibility index (Phi) is 6.03. The smallest absolute Gasteiger partial charge is 0.142 e. The highest BCUT2D eigenvalue weighted by atomic mass is 32.2. The Bertz CT molecular complexity index is 447. The predicted octanol–water partition coefficient (Wildman–Crippen LogP) is 6.55. The third kappa shape index (κ3) is 4.38. The normalized spacial score (nSPS) is 21.1. The molecule has 3 heteroatoms. The molecule has 0 atom stereocenters. The molecule has 0 radical (unpaired) electrons. The quantitative estimate of drug-likeness (QED) is 0.673. The van der Waals surface area contributed by atoms with E-state index in [1.54, 1.807) is 0 Å². The van der Waals surface area contributed by atoms with E-state index < -0.39 is 0 Å². The van der Waals surface area contributed by atoms with Crippen LogP contribution in [0, 0.1) is 6.92 Å². The van der Waals surface area contributed by atoms with Crippen molar-refractivity contribution in [1.82, 2.24) is 0 Å². The van der Waals surface area contributed by atoms with Gasteiger partial charge in [-0.1, -0.05) is 38.5 Å². The van der Waals surface area contributed by atoms with Crippen LogP contribution in [-0.4, -0.2) is 15.6 Å². The van der Waals surface area contributed by atoms with Gasteiger partial charge < -0.3 is 5.11 Å². The summed E-state index contributed by atoms with van der Waals surface area (Å²) >= 11 is 3.84. The van der Waals surface area contributed by atoms with Gasteiger partial charge in [0, 0.05) is 10.5 Å². The highest BCUT2D eigenvalue weighted by Gasteiger charge is 2.21. The summed E-state index contributed by atoms with van der Waals surface area (Å²) in [6, 6.07) is 4.36. The van der Waals surface area contributed by atoms with Gasteiger partial charge in [-0.3, -0.25) is 0 Å². The molecule has 0 bridgehead atoms. The van der Waals surface area contributed by atoms with Crippen molar-refractivity contribution in [1.29, 1.82) is 0 Å². The number of phenolic OH excluding ortho intramolecular Hbond substituents is 1. The van der Waals surface area contributed by atoms with E-state index in [1.165, 1.54) is 69.8 Å². The molecule has 0 heterocycles. The molecule has 0 unspecified atom stereocenters. The lowest BCUT2D eigenvalue weighted by Gasteiger charge is -2.24. The number of aryl methyl sites for hydroxylation is 1. The van der Waals surface area contributed by atoms with Crippen LogP contribution >= 0.6 is 23.5 Å². The second kappa shape index (κ2) is 8.01. The number of hydrogen-bond acceptors (Lipinski definition) is 3. The Morgan fingerprint density at radius 1 is 0.773 bits per heavy atom. The van der Waals surface area contributed by atoms with Gasteiger partial charge in [0.2, 0.25) is 0 Å². The van der Waals surface area contributed by atoms with Gasteiger partial charge in [-0.15, -0.1) is 23.5 Å². The van der Waals surface area contributed by atoms with Gasteiger partial charge in [-0.25, -0.2) is 0 Å². The highest BCUT2D eigenvalue weighted by Crippen LogP contribution is 2.45. The summed E-state index contributed by atoms with van der Waals surface area (Å²) in [6.45, 7) is 2.16. The molecule has 2 fully saturated rings. The maximum atomic E-state index is 10.7. The fourth-order valence-corrected chi connectivity index (χ4v) is 6.49. The molecular weight excluding hydrogens is 308 g/mol. The minimum atomic E-state index is 0.553.